The van der Waals surface area contributed by atoms with E-state index >= 15 is 0 Å². The molecule has 1 aliphatic rings. The summed E-state index contributed by atoms with van der Waals surface area (Å²) in [5.74, 6) is 3.43. The number of ether oxygens (including phenoxy) is 1. The quantitative estimate of drug-likeness (QED) is 0.170. The van der Waals surface area contributed by atoms with Gasteiger partial charge in [-0.2, -0.15) is 0 Å². The molecule has 1 saturated heterocycles. The van der Waals surface area contributed by atoms with E-state index in [1.165, 1.54) is 0 Å². The first-order valence-electron chi connectivity index (χ1n) is 13.3. The summed E-state index contributed by atoms with van der Waals surface area (Å²) >= 11 is 0. The first-order chi connectivity index (χ1) is 19.0. The minimum absolute atomic E-state index is 0.0414. The minimum atomic E-state index is -4.06. The summed E-state index contributed by atoms with van der Waals surface area (Å²) in [6, 6.07) is 12.2. The van der Waals surface area contributed by atoms with Crippen molar-refractivity contribution < 1.29 is 32.4 Å². The van der Waals surface area contributed by atoms with Gasteiger partial charge >= 0.3 is 0 Å². The number of rotatable bonds is 12. The number of benzene rings is 2. The van der Waals surface area contributed by atoms with Crippen LogP contribution in [0.5, 0.6) is 0 Å². The van der Waals surface area contributed by atoms with Gasteiger partial charge in [-0.05, 0) is 49.4 Å². The Balaban J connectivity index is 2.03. The van der Waals surface area contributed by atoms with Crippen molar-refractivity contribution in [3.8, 4) is 0 Å². The Labute approximate surface area is 235 Å². The number of carbonyl (C=O) groups is 3. The smallest absolute Gasteiger partial charge is 0.266 e. The largest absolute Gasteiger partial charge is 0.350 e. The number of hydrogen-bond acceptors (Lipinski definition) is 8. The maximum Gasteiger partial charge on any atom is 0.266 e. The Hall–Kier alpha value is -3.32. The Morgan fingerprint density at radius 3 is 2.48 bits per heavy atom. The van der Waals surface area contributed by atoms with Crippen LogP contribution < -0.4 is 22.1 Å². The molecule has 3 atom stereocenters. The van der Waals surface area contributed by atoms with Gasteiger partial charge in [-0.15, -0.1) is 0 Å². The first-order valence-corrected chi connectivity index (χ1v) is 15.2. The van der Waals surface area contributed by atoms with E-state index in [2.05, 4.69) is 10.8 Å². The van der Waals surface area contributed by atoms with Crippen molar-refractivity contribution in [1.29, 1.82) is 0 Å². The maximum atomic E-state index is 13.4. The number of hydroxylamine groups is 1. The molecule has 11 nitrogen and oxygen atoms in total. The van der Waals surface area contributed by atoms with E-state index in [0.29, 0.717) is 30.6 Å². The van der Waals surface area contributed by atoms with Crippen LogP contribution in [0.15, 0.2) is 48.5 Å². The van der Waals surface area contributed by atoms with Crippen LogP contribution in [0, 0.1) is 6.92 Å². The Bertz CT molecular complexity index is 1300. The molecule has 0 spiro atoms. The number of sulfone groups is 1. The van der Waals surface area contributed by atoms with E-state index in [-0.39, 0.29) is 18.4 Å². The molecule has 1 heterocycles. The average Bonchev–Trinajstić information content (AvgIpc) is 2.94. The van der Waals surface area contributed by atoms with Gasteiger partial charge in [0.2, 0.25) is 0 Å². The predicted molar refractivity (Wildman–Crippen MR) is 149 cm³/mol. The lowest BCUT2D eigenvalue weighted by molar-refractivity contribution is -0.201. The lowest BCUT2D eigenvalue weighted by Crippen LogP contribution is -2.53. The van der Waals surface area contributed by atoms with Gasteiger partial charge in [0, 0.05) is 31.3 Å². The molecule has 2 aromatic carbocycles. The molecule has 2 aromatic rings. The van der Waals surface area contributed by atoms with Crippen molar-refractivity contribution in [2.24, 2.45) is 5.84 Å². The van der Waals surface area contributed by atoms with Gasteiger partial charge in [0.05, 0.1) is 0 Å². The number of carbonyl (C=O) groups excluding carboxylic acids is 3. The van der Waals surface area contributed by atoms with Gasteiger partial charge in [0.1, 0.15) is 6.04 Å². The molecule has 218 valence electrons. The van der Waals surface area contributed by atoms with Gasteiger partial charge in [-0.1, -0.05) is 55.3 Å². The maximum absolute atomic E-state index is 13.4. The summed E-state index contributed by atoms with van der Waals surface area (Å²) in [5.41, 5.74) is 6.10. The van der Waals surface area contributed by atoms with E-state index in [9.17, 15) is 22.8 Å². The zero-order chi connectivity index (χ0) is 29.3. The highest BCUT2D eigenvalue weighted by Gasteiger charge is 2.50. The Morgan fingerprint density at radius 2 is 1.88 bits per heavy atom. The molecule has 0 bridgehead atoms. The van der Waals surface area contributed by atoms with E-state index in [1.807, 2.05) is 5.43 Å². The number of hydrogen-bond donors (Lipinski definition) is 4. The van der Waals surface area contributed by atoms with Crippen LogP contribution in [0.3, 0.4) is 0 Å². The second-order valence-corrected chi connectivity index (χ2v) is 12.2. The number of hydrazine groups is 1. The SMILES string of the molecule is CCC[C@](C(=O)NN)(c1ccc(C)cc1C[C@@H](NC(=O)c1ccccc1)C(=O)NOC1CCCCO1)S(C)(=O)=O. The molecule has 5 N–H and O–H groups in total. The fourth-order valence-corrected chi connectivity index (χ4v) is 6.51. The molecule has 3 amide bonds. The third-order valence-electron chi connectivity index (χ3n) is 6.94. The van der Waals surface area contributed by atoms with Crippen molar-refractivity contribution in [1.82, 2.24) is 16.2 Å². The molecule has 3 rings (SSSR count). The normalized spacial score (nSPS) is 17.8. The zero-order valence-corrected chi connectivity index (χ0v) is 23.9. The van der Waals surface area contributed by atoms with Crippen LogP contribution >= 0.6 is 0 Å². The molecular formula is C28H38N4O7S. The van der Waals surface area contributed by atoms with E-state index < -0.39 is 44.6 Å². The topological polar surface area (TPSA) is 166 Å². The first kappa shape index (κ1) is 31.2. The van der Waals surface area contributed by atoms with Gasteiger partial charge in [-0.25, -0.2) is 24.6 Å². The standard InChI is InChI=1S/C28H38N4O7S/c1-4-15-28(27(35)31-29,40(3,36)37)22-14-13-19(2)17-21(22)18-23(30-25(33)20-10-6-5-7-11-20)26(34)32-39-24-12-8-9-16-38-24/h5-7,10-11,13-14,17,23-24H,4,8-9,12,15-16,18,29H2,1-3H3,(H,30,33)(H,31,35)(H,32,34)/t23-,24?,28-/m1/s1. The Kier molecular flexibility index (Phi) is 10.8. The third kappa shape index (κ3) is 7.25. The third-order valence-corrected chi connectivity index (χ3v) is 8.81. The van der Waals surface area contributed by atoms with Crippen molar-refractivity contribution >= 4 is 27.6 Å². The lowest BCUT2D eigenvalue weighted by atomic mass is 9.85. The number of amides is 3. The van der Waals surface area contributed by atoms with Crippen LogP contribution in [0.1, 0.15) is 66.1 Å². The van der Waals surface area contributed by atoms with Crippen LogP contribution in [0.25, 0.3) is 0 Å². The fourth-order valence-electron chi connectivity index (χ4n) is 4.94. The fraction of sp³-hybridized carbons (Fsp3) is 0.464. The highest BCUT2D eigenvalue weighted by molar-refractivity contribution is 7.92. The van der Waals surface area contributed by atoms with Crippen molar-refractivity contribution in [2.75, 3.05) is 12.9 Å². The van der Waals surface area contributed by atoms with Gasteiger partial charge in [0.25, 0.3) is 17.7 Å². The molecule has 0 radical (unpaired) electrons. The van der Waals surface area contributed by atoms with Crippen LogP contribution in [0.2, 0.25) is 0 Å². The zero-order valence-electron chi connectivity index (χ0n) is 23.1. The molecule has 1 fully saturated rings. The summed E-state index contributed by atoms with van der Waals surface area (Å²) < 4.78 is 30.0. The lowest BCUT2D eigenvalue weighted by Gasteiger charge is -2.33. The second kappa shape index (κ2) is 13.8. The Morgan fingerprint density at radius 1 is 1.15 bits per heavy atom. The predicted octanol–water partition coefficient (Wildman–Crippen LogP) is 1.94. The molecule has 0 saturated carbocycles. The summed E-state index contributed by atoms with van der Waals surface area (Å²) in [4.78, 5) is 45.1. The molecule has 1 unspecified atom stereocenters. The van der Waals surface area contributed by atoms with Crippen molar-refractivity contribution in [3.63, 3.8) is 0 Å². The highest BCUT2D eigenvalue weighted by Crippen LogP contribution is 2.38. The van der Waals surface area contributed by atoms with Crippen LogP contribution in [0.4, 0.5) is 0 Å². The van der Waals surface area contributed by atoms with Crippen LogP contribution in [-0.2, 0) is 40.2 Å². The summed E-state index contributed by atoms with van der Waals surface area (Å²) in [5, 5.41) is 2.73. The summed E-state index contributed by atoms with van der Waals surface area (Å²) in [7, 11) is -4.06. The highest BCUT2D eigenvalue weighted by atomic mass is 32.2. The average molecular weight is 575 g/mol. The monoisotopic (exact) mass is 574 g/mol. The molecule has 40 heavy (non-hydrogen) atoms. The molecule has 0 aliphatic carbocycles. The van der Waals surface area contributed by atoms with Crippen LogP contribution in [-0.4, -0.2) is 51.3 Å². The summed E-state index contributed by atoms with van der Waals surface area (Å²) in [6.45, 7) is 4.08. The van der Waals surface area contributed by atoms with E-state index in [0.717, 1.165) is 24.7 Å². The van der Waals surface area contributed by atoms with Gasteiger partial charge in [-0.3, -0.25) is 19.8 Å². The molecule has 0 aromatic heterocycles. The minimum Gasteiger partial charge on any atom is -0.350 e. The molecular weight excluding hydrogens is 536 g/mol. The van der Waals surface area contributed by atoms with Crippen molar-refractivity contribution in [3.05, 3.63) is 70.8 Å². The van der Waals surface area contributed by atoms with Gasteiger partial charge < -0.3 is 10.1 Å². The van der Waals surface area contributed by atoms with Gasteiger partial charge in [0.15, 0.2) is 20.9 Å². The molecule has 12 heteroatoms. The number of nitrogens with two attached hydrogens (primary N) is 1. The van der Waals surface area contributed by atoms with Crippen molar-refractivity contribution in [2.45, 2.75) is 69.5 Å². The second-order valence-electron chi connectivity index (χ2n) is 9.96. The summed E-state index contributed by atoms with van der Waals surface area (Å²) in [6.07, 6.45) is 2.94. The number of aryl methyl sites for hydroxylation is 1. The molecule has 1 aliphatic heterocycles. The van der Waals surface area contributed by atoms with E-state index in [1.54, 1.807) is 62.4 Å². The van der Waals surface area contributed by atoms with E-state index in [4.69, 9.17) is 15.4 Å². The number of nitrogens with one attached hydrogen (secondary N) is 3.